The fraction of sp³-hybridized carbons (Fsp3) is 0.250. The number of amides is 2. The molecule has 0 radical (unpaired) electrons. The number of benzene rings is 2. The Kier molecular flexibility index (Phi) is 6.85. The summed E-state index contributed by atoms with van der Waals surface area (Å²) in [4.78, 5) is 26.4. The fourth-order valence-corrected chi connectivity index (χ4v) is 3.03. The number of aryl methyl sites for hydroxylation is 1. The molecule has 0 bridgehead atoms. The lowest BCUT2D eigenvalue weighted by Crippen LogP contribution is -2.29. The number of hydrogen-bond donors (Lipinski definition) is 1. The number of rotatable bonds is 8. The van der Waals surface area contributed by atoms with Crippen LogP contribution < -0.4 is 10.2 Å². The van der Waals surface area contributed by atoms with E-state index in [0.29, 0.717) is 19.5 Å². The van der Waals surface area contributed by atoms with Crippen LogP contribution in [0.3, 0.4) is 0 Å². The van der Waals surface area contributed by atoms with Crippen molar-refractivity contribution in [1.29, 1.82) is 0 Å². The van der Waals surface area contributed by atoms with Gasteiger partial charge in [-0.15, -0.1) is 0 Å². The Morgan fingerprint density at radius 3 is 2.28 bits per heavy atom. The van der Waals surface area contributed by atoms with Crippen molar-refractivity contribution in [3.63, 3.8) is 0 Å². The predicted molar refractivity (Wildman–Crippen MR) is 113 cm³/mol. The highest BCUT2D eigenvalue weighted by molar-refractivity contribution is 5.93. The summed E-state index contributed by atoms with van der Waals surface area (Å²) in [5.74, 6) is 0.711. The molecule has 2 aromatic carbocycles. The fourth-order valence-electron chi connectivity index (χ4n) is 3.03. The highest BCUT2D eigenvalue weighted by Gasteiger charge is 2.15. The van der Waals surface area contributed by atoms with Gasteiger partial charge >= 0.3 is 0 Å². The first-order valence-corrected chi connectivity index (χ1v) is 9.79. The lowest BCUT2D eigenvalue weighted by atomic mass is 10.1. The Balaban J connectivity index is 1.64. The van der Waals surface area contributed by atoms with Crippen LogP contribution in [0.25, 0.3) is 0 Å². The van der Waals surface area contributed by atoms with Gasteiger partial charge in [-0.3, -0.25) is 9.59 Å². The van der Waals surface area contributed by atoms with Gasteiger partial charge in [0.1, 0.15) is 5.76 Å². The minimum absolute atomic E-state index is 0.0644. The standard InChI is InChI=1S/C24H26N2O3/c1-3-24(28)26(17-20-8-6-18(2)7-9-20)21-12-10-19(11-13-21)15-23(27)25-16-22-5-4-14-29-22/h4-14H,3,15-17H2,1-2H3,(H,25,27). The maximum atomic E-state index is 12.5. The Labute approximate surface area is 171 Å². The third-order valence-corrected chi connectivity index (χ3v) is 4.72. The van der Waals surface area contributed by atoms with Crippen LogP contribution in [-0.4, -0.2) is 11.8 Å². The number of anilines is 1. The summed E-state index contributed by atoms with van der Waals surface area (Å²) in [5, 5.41) is 2.84. The van der Waals surface area contributed by atoms with E-state index in [2.05, 4.69) is 5.32 Å². The average Bonchev–Trinajstić information content (AvgIpc) is 3.26. The van der Waals surface area contributed by atoms with Gasteiger partial charge in [0.2, 0.25) is 11.8 Å². The number of nitrogens with zero attached hydrogens (tertiary/aromatic N) is 1. The zero-order chi connectivity index (χ0) is 20.6. The minimum atomic E-state index is -0.0738. The number of nitrogens with one attached hydrogen (secondary N) is 1. The molecule has 0 aliphatic carbocycles. The minimum Gasteiger partial charge on any atom is -0.467 e. The molecule has 29 heavy (non-hydrogen) atoms. The molecule has 150 valence electrons. The Bertz CT molecular complexity index is 929. The van der Waals surface area contributed by atoms with Crippen LogP contribution in [-0.2, 0) is 29.1 Å². The molecule has 0 saturated heterocycles. The molecule has 1 N–H and O–H groups in total. The maximum absolute atomic E-state index is 12.5. The molecular weight excluding hydrogens is 364 g/mol. The molecule has 3 aromatic rings. The van der Waals surface area contributed by atoms with Gasteiger partial charge in [0, 0.05) is 12.1 Å². The number of carbonyl (C=O) groups is 2. The summed E-state index contributed by atoms with van der Waals surface area (Å²) in [6.07, 6.45) is 2.30. The molecule has 0 aliphatic rings. The van der Waals surface area contributed by atoms with E-state index < -0.39 is 0 Å². The molecule has 2 amide bonds. The SMILES string of the molecule is CCC(=O)N(Cc1ccc(C)cc1)c1ccc(CC(=O)NCc2ccco2)cc1. The first-order chi connectivity index (χ1) is 14.0. The van der Waals surface area contributed by atoms with Crippen molar-refractivity contribution in [2.24, 2.45) is 0 Å². The molecule has 5 nitrogen and oxygen atoms in total. The van der Waals surface area contributed by atoms with Gasteiger partial charge in [0.15, 0.2) is 0 Å². The summed E-state index contributed by atoms with van der Waals surface area (Å²) in [5.41, 5.74) is 4.00. The van der Waals surface area contributed by atoms with Crippen molar-refractivity contribution in [2.45, 2.75) is 39.8 Å². The van der Waals surface area contributed by atoms with Crippen LogP contribution in [0.5, 0.6) is 0 Å². The first kappa shape index (κ1) is 20.4. The molecular formula is C24H26N2O3. The van der Waals surface area contributed by atoms with Crippen molar-refractivity contribution < 1.29 is 14.0 Å². The van der Waals surface area contributed by atoms with E-state index in [-0.39, 0.29) is 18.2 Å². The molecule has 0 atom stereocenters. The van der Waals surface area contributed by atoms with Gasteiger partial charge in [-0.2, -0.15) is 0 Å². The van der Waals surface area contributed by atoms with Crippen LogP contribution in [0.2, 0.25) is 0 Å². The lowest BCUT2D eigenvalue weighted by molar-refractivity contribution is -0.121. The van der Waals surface area contributed by atoms with Gasteiger partial charge in [0.05, 0.1) is 25.8 Å². The monoisotopic (exact) mass is 390 g/mol. The summed E-state index contributed by atoms with van der Waals surface area (Å²) in [7, 11) is 0. The maximum Gasteiger partial charge on any atom is 0.227 e. The van der Waals surface area contributed by atoms with Crippen molar-refractivity contribution in [1.82, 2.24) is 5.32 Å². The third kappa shape index (κ3) is 5.82. The van der Waals surface area contributed by atoms with E-state index >= 15 is 0 Å². The molecule has 0 unspecified atom stereocenters. The van der Waals surface area contributed by atoms with Crippen LogP contribution >= 0.6 is 0 Å². The summed E-state index contributed by atoms with van der Waals surface area (Å²) >= 11 is 0. The quantitative estimate of drug-likeness (QED) is 0.620. The van der Waals surface area contributed by atoms with Gasteiger partial charge < -0.3 is 14.6 Å². The van der Waals surface area contributed by atoms with Gasteiger partial charge in [-0.05, 0) is 42.3 Å². The summed E-state index contributed by atoms with van der Waals surface area (Å²) in [6, 6.07) is 19.4. The Hall–Kier alpha value is -3.34. The topological polar surface area (TPSA) is 62.6 Å². The molecule has 0 fully saturated rings. The zero-order valence-electron chi connectivity index (χ0n) is 16.9. The molecule has 1 aromatic heterocycles. The Morgan fingerprint density at radius 2 is 1.66 bits per heavy atom. The summed E-state index contributed by atoms with van der Waals surface area (Å²) in [6.45, 7) is 4.81. The molecule has 3 rings (SSSR count). The van der Waals surface area contributed by atoms with Crippen molar-refractivity contribution in [3.8, 4) is 0 Å². The second-order valence-corrected chi connectivity index (χ2v) is 7.02. The van der Waals surface area contributed by atoms with Gasteiger partial charge in [0.25, 0.3) is 0 Å². The smallest absolute Gasteiger partial charge is 0.227 e. The highest BCUT2D eigenvalue weighted by atomic mass is 16.3. The van der Waals surface area contributed by atoms with Crippen LogP contribution in [0.4, 0.5) is 5.69 Å². The molecule has 0 saturated carbocycles. The van der Waals surface area contributed by atoms with Gasteiger partial charge in [-0.25, -0.2) is 0 Å². The number of carbonyl (C=O) groups excluding carboxylic acids is 2. The average molecular weight is 390 g/mol. The molecule has 5 heteroatoms. The molecule has 0 spiro atoms. The largest absolute Gasteiger partial charge is 0.467 e. The lowest BCUT2D eigenvalue weighted by Gasteiger charge is -2.23. The normalized spacial score (nSPS) is 10.6. The molecule has 0 aliphatic heterocycles. The molecule has 1 heterocycles. The van der Waals surface area contributed by atoms with Crippen LogP contribution in [0, 0.1) is 6.92 Å². The van der Waals surface area contributed by atoms with E-state index in [1.807, 2.05) is 68.4 Å². The number of hydrogen-bond acceptors (Lipinski definition) is 3. The highest BCUT2D eigenvalue weighted by Crippen LogP contribution is 2.20. The van der Waals surface area contributed by atoms with Crippen LogP contribution in [0.1, 0.15) is 35.8 Å². The third-order valence-electron chi connectivity index (χ3n) is 4.72. The van der Waals surface area contributed by atoms with Crippen molar-refractivity contribution in [3.05, 3.63) is 89.4 Å². The Morgan fingerprint density at radius 1 is 0.966 bits per heavy atom. The van der Waals surface area contributed by atoms with E-state index in [1.54, 1.807) is 17.2 Å². The van der Waals surface area contributed by atoms with E-state index in [9.17, 15) is 9.59 Å². The second kappa shape index (κ2) is 9.73. The van der Waals surface area contributed by atoms with E-state index in [0.717, 1.165) is 22.6 Å². The predicted octanol–water partition coefficient (Wildman–Crippen LogP) is 4.39. The summed E-state index contributed by atoms with van der Waals surface area (Å²) < 4.78 is 5.21. The van der Waals surface area contributed by atoms with Crippen molar-refractivity contribution in [2.75, 3.05) is 4.90 Å². The number of furan rings is 1. The first-order valence-electron chi connectivity index (χ1n) is 9.79. The van der Waals surface area contributed by atoms with E-state index in [1.165, 1.54) is 5.56 Å². The van der Waals surface area contributed by atoms with Crippen LogP contribution in [0.15, 0.2) is 71.3 Å². The van der Waals surface area contributed by atoms with E-state index in [4.69, 9.17) is 4.42 Å². The van der Waals surface area contributed by atoms with Gasteiger partial charge in [-0.1, -0.05) is 48.9 Å². The second-order valence-electron chi connectivity index (χ2n) is 7.02. The zero-order valence-corrected chi connectivity index (χ0v) is 16.9. The van der Waals surface area contributed by atoms with Crippen molar-refractivity contribution >= 4 is 17.5 Å².